The lowest BCUT2D eigenvalue weighted by Gasteiger charge is -2.20. The van der Waals surface area contributed by atoms with Gasteiger partial charge in [-0.2, -0.15) is 4.98 Å². The van der Waals surface area contributed by atoms with E-state index in [2.05, 4.69) is 48.1 Å². The van der Waals surface area contributed by atoms with Gasteiger partial charge < -0.3 is 10.0 Å². The molecule has 0 fully saturated rings. The smallest absolute Gasteiger partial charge is 0.225 e. The second-order valence-corrected chi connectivity index (χ2v) is 8.30. The second-order valence-electron chi connectivity index (χ2n) is 6.88. The monoisotopic (exact) mass is 423 g/mol. The fourth-order valence-electron chi connectivity index (χ4n) is 3.51. The summed E-state index contributed by atoms with van der Waals surface area (Å²) in [6.45, 7) is 4.32. The van der Waals surface area contributed by atoms with Gasteiger partial charge in [-0.3, -0.25) is 0 Å². The van der Waals surface area contributed by atoms with Crippen molar-refractivity contribution in [1.29, 1.82) is 0 Å². The first-order valence-corrected chi connectivity index (χ1v) is 10.8. The Kier molecular flexibility index (Phi) is 5.43. The third-order valence-corrected chi connectivity index (χ3v) is 6.50. The number of hydrogen-bond donors (Lipinski definition) is 1. The Balaban J connectivity index is 1.96. The summed E-state index contributed by atoms with van der Waals surface area (Å²) in [5.41, 5.74) is 4.56. The highest BCUT2D eigenvalue weighted by molar-refractivity contribution is 7.19. The van der Waals surface area contributed by atoms with Gasteiger partial charge in [0.15, 0.2) is 0 Å². The molecule has 4 rings (SSSR count). The molecule has 0 atom stereocenters. The number of benzene rings is 2. The summed E-state index contributed by atoms with van der Waals surface area (Å²) >= 11 is 7.96. The minimum absolute atomic E-state index is 0.230. The zero-order chi connectivity index (χ0) is 20.5. The molecule has 6 heteroatoms. The average molecular weight is 424 g/mol. The lowest BCUT2D eigenvalue weighted by atomic mass is 10.00. The van der Waals surface area contributed by atoms with E-state index in [-0.39, 0.29) is 11.0 Å². The van der Waals surface area contributed by atoms with Crippen molar-refractivity contribution in [2.24, 2.45) is 0 Å². The van der Waals surface area contributed by atoms with Crippen LogP contribution in [-0.4, -0.2) is 22.1 Å². The third kappa shape index (κ3) is 3.68. The summed E-state index contributed by atoms with van der Waals surface area (Å²) in [6, 6.07) is 15.8. The number of aryl methyl sites for hydroxylation is 2. The van der Waals surface area contributed by atoms with E-state index < -0.39 is 0 Å². The fraction of sp³-hybridized carbons (Fsp3) is 0.217. The quantitative estimate of drug-likeness (QED) is 0.367. The molecule has 2 aromatic heterocycles. The van der Waals surface area contributed by atoms with Gasteiger partial charge in [0.2, 0.25) is 5.28 Å². The number of rotatable bonds is 5. The van der Waals surface area contributed by atoms with Crippen LogP contribution in [0.5, 0.6) is 5.75 Å². The van der Waals surface area contributed by atoms with Gasteiger partial charge in [0.1, 0.15) is 16.4 Å². The first-order chi connectivity index (χ1) is 14.0. The first kappa shape index (κ1) is 19.7. The molecule has 4 nitrogen and oxygen atoms in total. The van der Waals surface area contributed by atoms with Crippen LogP contribution >= 0.6 is 22.9 Å². The van der Waals surface area contributed by atoms with Crippen LogP contribution in [-0.2, 0) is 12.8 Å². The van der Waals surface area contributed by atoms with Crippen LogP contribution in [0, 0.1) is 0 Å². The number of fused-ring (bicyclic) bond motifs is 1. The largest absolute Gasteiger partial charge is 0.508 e. The summed E-state index contributed by atoms with van der Waals surface area (Å²) in [5.74, 6) is 0.990. The number of phenols is 1. The average Bonchev–Trinajstić information content (AvgIpc) is 3.11. The van der Waals surface area contributed by atoms with Gasteiger partial charge in [-0.05, 0) is 59.8 Å². The van der Waals surface area contributed by atoms with Crippen LogP contribution in [0.1, 0.15) is 24.3 Å². The van der Waals surface area contributed by atoms with Crippen LogP contribution in [0.25, 0.3) is 21.3 Å². The summed E-state index contributed by atoms with van der Waals surface area (Å²) in [4.78, 5) is 13.3. The van der Waals surface area contributed by atoms with Crippen LogP contribution in [0.3, 0.4) is 0 Å². The maximum atomic E-state index is 9.63. The molecule has 0 saturated carbocycles. The normalized spacial score (nSPS) is 11.2. The van der Waals surface area contributed by atoms with E-state index in [1.807, 2.05) is 24.1 Å². The molecule has 0 aliphatic carbocycles. The molecule has 0 radical (unpaired) electrons. The van der Waals surface area contributed by atoms with Crippen molar-refractivity contribution in [3.63, 3.8) is 0 Å². The van der Waals surface area contributed by atoms with Crippen molar-refractivity contribution in [3.8, 4) is 16.9 Å². The van der Waals surface area contributed by atoms with Crippen LogP contribution < -0.4 is 4.90 Å². The Hall–Kier alpha value is -2.63. The molecule has 0 bridgehead atoms. The molecule has 0 aliphatic rings. The summed E-state index contributed by atoms with van der Waals surface area (Å²) in [7, 11) is 1.96. The van der Waals surface area contributed by atoms with Crippen molar-refractivity contribution in [2.75, 3.05) is 11.9 Å². The maximum absolute atomic E-state index is 9.63. The molecule has 0 spiro atoms. The lowest BCUT2D eigenvalue weighted by Crippen LogP contribution is -2.12. The standard InChI is InChI=1S/C23H22ClN3OS/c1-4-14-6-8-15(9-7-14)19-18(5-2)29-22-20(19)21(25-23(24)26-22)27(3)16-10-12-17(28)13-11-16/h6-13,28H,4-5H2,1-3H3. The summed E-state index contributed by atoms with van der Waals surface area (Å²) in [5, 5.41) is 10.9. The highest BCUT2D eigenvalue weighted by atomic mass is 35.5. The topological polar surface area (TPSA) is 49.2 Å². The summed E-state index contributed by atoms with van der Waals surface area (Å²) < 4.78 is 0. The van der Waals surface area contributed by atoms with Crippen molar-refractivity contribution in [3.05, 3.63) is 64.3 Å². The van der Waals surface area contributed by atoms with E-state index in [0.717, 1.165) is 40.1 Å². The zero-order valence-electron chi connectivity index (χ0n) is 16.6. The van der Waals surface area contributed by atoms with Gasteiger partial charge in [0.05, 0.1) is 5.39 Å². The highest BCUT2D eigenvalue weighted by Crippen LogP contribution is 2.44. The van der Waals surface area contributed by atoms with E-state index in [4.69, 9.17) is 11.6 Å². The molecule has 29 heavy (non-hydrogen) atoms. The van der Waals surface area contributed by atoms with E-state index in [1.165, 1.54) is 16.0 Å². The molecule has 1 N–H and O–H groups in total. The van der Waals surface area contributed by atoms with Crippen molar-refractivity contribution >= 4 is 44.7 Å². The zero-order valence-corrected chi connectivity index (χ0v) is 18.2. The van der Waals surface area contributed by atoms with Crippen LogP contribution in [0.15, 0.2) is 48.5 Å². The number of nitrogens with zero attached hydrogens (tertiary/aromatic N) is 3. The lowest BCUT2D eigenvalue weighted by molar-refractivity contribution is 0.475. The SMILES string of the molecule is CCc1ccc(-c2c(CC)sc3nc(Cl)nc(N(C)c4ccc(O)cc4)c23)cc1. The van der Waals surface area contributed by atoms with Gasteiger partial charge in [0.25, 0.3) is 0 Å². The summed E-state index contributed by atoms with van der Waals surface area (Å²) in [6.07, 6.45) is 1.92. The number of aromatic hydroxyl groups is 1. The first-order valence-electron chi connectivity index (χ1n) is 9.62. The Bertz CT molecular complexity index is 1150. The van der Waals surface area contributed by atoms with Gasteiger partial charge >= 0.3 is 0 Å². The minimum Gasteiger partial charge on any atom is -0.508 e. The molecule has 0 aliphatic heterocycles. The fourth-order valence-corrected chi connectivity index (χ4v) is 4.85. The van der Waals surface area contributed by atoms with Gasteiger partial charge in [-0.1, -0.05) is 38.1 Å². The van der Waals surface area contributed by atoms with Crippen molar-refractivity contribution < 1.29 is 5.11 Å². The molecule has 0 saturated heterocycles. The Morgan fingerprint density at radius 3 is 2.28 bits per heavy atom. The number of halogens is 1. The Morgan fingerprint density at radius 2 is 1.66 bits per heavy atom. The van der Waals surface area contributed by atoms with Gasteiger partial charge in [-0.25, -0.2) is 4.98 Å². The number of phenolic OH excluding ortho intramolecular Hbond substituents is 1. The molecule has 0 amide bonds. The van der Waals surface area contributed by atoms with E-state index in [1.54, 1.807) is 23.5 Å². The van der Waals surface area contributed by atoms with Crippen LogP contribution in [0.4, 0.5) is 11.5 Å². The number of hydrogen-bond acceptors (Lipinski definition) is 5. The Labute approximate surface area is 179 Å². The van der Waals surface area contributed by atoms with Gasteiger partial charge in [-0.15, -0.1) is 11.3 Å². The van der Waals surface area contributed by atoms with Gasteiger partial charge in [0, 0.05) is 23.2 Å². The molecule has 4 aromatic rings. The highest BCUT2D eigenvalue weighted by Gasteiger charge is 2.22. The maximum Gasteiger partial charge on any atom is 0.225 e. The molecule has 148 valence electrons. The molecular formula is C23H22ClN3OS. The van der Waals surface area contributed by atoms with Crippen molar-refractivity contribution in [2.45, 2.75) is 26.7 Å². The van der Waals surface area contributed by atoms with E-state index in [0.29, 0.717) is 0 Å². The minimum atomic E-state index is 0.230. The number of anilines is 2. The molecule has 2 heterocycles. The molecular weight excluding hydrogens is 402 g/mol. The van der Waals surface area contributed by atoms with Crippen LogP contribution in [0.2, 0.25) is 5.28 Å². The predicted molar refractivity (Wildman–Crippen MR) is 123 cm³/mol. The third-order valence-electron chi connectivity index (χ3n) is 5.10. The van der Waals surface area contributed by atoms with Crippen molar-refractivity contribution in [1.82, 2.24) is 9.97 Å². The van der Waals surface area contributed by atoms with E-state index in [9.17, 15) is 5.11 Å². The molecule has 0 unspecified atom stereocenters. The second kappa shape index (κ2) is 8.01. The molecule has 2 aromatic carbocycles. The van der Waals surface area contributed by atoms with E-state index >= 15 is 0 Å². The number of aromatic nitrogens is 2. The Morgan fingerprint density at radius 1 is 0.966 bits per heavy atom. The number of thiophene rings is 1. The predicted octanol–water partition coefficient (Wildman–Crippen LogP) is 6.61.